The molecule has 0 saturated carbocycles. The molecule has 1 aliphatic rings. The van der Waals surface area contributed by atoms with E-state index in [2.05, 4.69) is 5.32 Å². The molecule has 0 aliphatic carbocycles. The summed E-state index contributed by atoms with van der Waals surface area (Å²) in [7, 11) is 0. The standard InChI is InChI=1S/C24H28N2O4/c1-2-21(18-9-5-3-6-10-18)24(29)30-17-22(27)26-15-13-19(14-16-26)23(28)25-20-11-7-4-8-12-20/h3-12,19,21H,2,13-17H2,1H3,(H,25,28). The molecule has 6 heteroatoms. The number of carbonyl (C=O) groups excluding carboxylic acids is 3. The fourth-order valence-corrected chi connectivity index (χ4v) is 3.71. The fourth-order valence-electron chi connectivity index (χ4n) is 3.71. The van der Waals surface area contributed by atoms with E-state index >= 15 is 0 Å². The summed E-state index contributed by atoms with van der Waals surface area (Å²) in [5.74, 6) is -1.11. The number of esters is 1. The number of ether oxygens (including phenoxy) is 1. The molecule has 1 aliphatic heterocycles. The van der Waals surface area contributed by atoms with Gasteiger partial charge in [0.05, 0.1) is 5.92 Å². The molecule has 158 valence electrons. The van der Waals surface area contributed by atoms with E-state index in [1.807, 2.05) is 67.6 Å². The lowest BCUT2D eigenvalue weighted by atomic mass is 9.95. The first-order chi connectivity index (χ1) is 14.6. The van der Waals surface area contributed by atoms with E-state index < -0.39 is 0 Å². The summed E-state index contributed by atoms with van der Waals surface area (Å²) in [6.45, 7) is 2.63. The molecule has 2 aromatic rings. The second kappa shape index (κ2) is 10.6. The molecule has 0 bridgehead atoms. The minimum Gasteiger partial charge on any atom is -0.455 e. The summed E-state index contributed by atoms with van der Waals surface area (Å²) in [4.78, 5) is 39.0. The minimum absolute atomic E-state index is 0.0200. The summed E-state index contributed by atoms with van der Waals surface area (Å²) >= 11 is 0. The van der Waals surface area contributed by atoms with Gasteiger partial charge < -0.3 is 15.0 Å². The molecular formula is C24H28N2O4. The summed E-state index contributed by atoms with van der Waals surface area (Å²) in [6, 6.07) is 18.8. The average Bonchev–Trinajstić information content (AvgIpc) is 2.79. The van der Waals surface area contributed by atoms with Gasteiger partial charge in [-0.3, -0.25) is 14.4 Å². The Balaban J connectivity index is 1.44. The van der Waals surface area contributed by atoms with Gasteiger partial charge in [-0.05, 0) is 37.0 Å². The van der Waals surface area contributed by atoms with Crippen LogP contribution in [-0.2, 0) is 19.1 Å². The zero-order chi connectivity index (χ0) is 21.3. The number of para-hydroxylation sites is 1. The Labute approximate surface area is 177 Å². The molecule has 1 saturated heterocycles. The molecule has 1 atom stereocenters. The second-order valence-electron chi connectivity index (χ2n) is 7.49. The molecule has 2 amide bonds. The van der Waals surface area contributed by atoms with E-state index in [1.165, 1.54) is 0 Å². The van der Waals surface area contributed by atoms with E-state index in [0.717, 1.165) is 11.3 Å². The van der Waals surface area contributed by atoms with Crippen molar-refractivity contribution in [1.29, 1.82) is 0 Å². The van der Waals surface area contributed by atoms with Crippen LogP contribution in [0.2, 0.25) is 0 Å². The van der Waals surface area contributed by atoms with Gasteiger partial charge in [0, 0.05) is 24.7 Å². The summed E-state index contributed by atoms with van der Waals surface area (Å²) in [6.07, 6.45) is 1.80. The second-order valence-corrected chi connectivity index (χ2v) is 7.49. The van der Waals surface area contributed by atoms with Crippen LogP contribution in [0.3, 0.4) is 0 Å². The molecule has 30 heavy (non-hydrogen) atoms. The van der Waals surface area contributed by atoms with Crippen molar-refractivity contribution >= 4 is 23.5 Å². The van der Waals surface area contributed by atoms with Crippen LogP contribution in [0, 0.1) is 5.92 Å². The molecule has 1 heterocycles. The molecule has 6 nitrogen and oxygen atoms in total. The van der Waals surface area contributed by atoms with Crippen LogP contribution < -0.4 is 5.32 Å². The highest BCUT2D eigenvalue weighted by Gasteiger charge is 2.28. The van der Waals surface area contributed by atoms with Gasteiger partial charge in [-0.25, -0.2) is 0 Å². The number of nitrogens with one attached hydrogen (secondary N) is 1. The highest BCUT2D eigenvalue weighted by molar-refractivity contribution is 5.92. The monoisotopic (exact) mass is 408 g/mol. The number of hydrogen-bond acceptors (Lipinski definition) is 4. The van der Waals surface area contributed by atoms with Gasteiger partial charge in [0.25, 0.3) is 5.91 Å². The zero-order valence-electron chi connectivity index (χ0n) is 17.3. The van der Waals surface area contributed by atoms with E-state index in [1.54, 1.807) is 4.90 Å². The minimum atomic E-state index is -0.380. The van der Waals surface area contributed by atoms with Gasteiger partial charge in [0.1, 0.15) is 0 Å². The highest BCUT2D eigenvalue weighted by atomic mass is 16.5. The number of benzene rings is 2. The van der Waals surface area contributed by atoms with Gasteiger partial charge in [0.2, 0.25) is 5.91 Å². The van der Waals surface area contributed by atoms with E-state index in [0.29, 0.717) is 32.4 Å². The number of piperidine rings is 1. The topological polar surface area (TPSA) is 75.7 Å². The molecule has 2 aromatic carbocycles. The van der Waals surface area contributed by atoms with E-state index in [-0.39, 0.29) is 36.2 Å². The SMILES string of the molecule is CCC(C(=O)OCC(=O)N1CCC(C(=O)Nc2ccccc2)CC1)c1ccccc1. The number of hydrogen-bond donors (Lipinski definition) is 1. The quantitative estimate of drug-likeness (QED) is 0.711. The Morgan fingerprint density at radius 1 is 1.00 bits per heavy atom. The van der Waals surface area contributed by atoms with Crippen molar-refractivity contribution in [3.8, 4) is 0 Å². The average molecular weight is 408 g/mol. The first kappa shape index (κ1) is 21.6. The lowest BCUT2D eigenvalue weighted by Gasteiger charge is -2.31. The summed E-state index contributed by atoms with van der Waals surface area (Å²) in [5.41, 5.74) is 1.67. The Morgan fingerprint density at radius 3 is 2.20 bits per heavy atom. The van der Waals surface area contributed by atoms with Crippen LogP contribution >= 0.6 is 0 Å². The van der Waals surface area contributed by atoms with Crippen molar-refractivity contribution in [2.45, 2.75) is 32.1 Å². The van der Waals surface area contributed by atoms with Crippen LogP contribution in [-0.4, -0.2) is 42.4 Å². The lowest BCUT2D eigenvalue weighted by molar-refractivity contribution is -0.154. The number of amides is 2. The Morgan fingerprint density at radius 2 is 1.60 bits per heavy atom. The van der Waals surface area contributed by atoms with Gasteiger partial charge in [-0.2, -0.15) is 0 Å². The molecule has 0 aromatic heterocycles. The Kier molecular flexibility index (Phi) is 7.60. The largest absolute Gasteiger partial charge is 0.455 e. The first-order valence-electron chi connectivity index (χ1n) is 10.4. The van der Waals surface area contributed by atoms with Gasteiger partial charge in [0.15, 0.2) is 6.61 Å². The van der Waals surface area contributed by atoms with Crippen LogP contribution in [0.25, 0.3) is 0 Å². The third-order valence-corrected chi connectivity index (χ3v) is 5.49. The fraction of sp³-hybridized carbons (Fsp3) is 0.375. The van der Waals surface area contributed by atoms with E-state index in [9.17, 15) is 14.4 Å². The maximum absolute atomic E-state index is 12.5. The Bertz CT molecular complexity index is 846. The first-order valence-corrected chi connectivity index (χ1v) is 10.4. The maximum atomic E-state index is 12.5. The van der Waals surface area contributed by atoms with Crippen molar-refractivity contribution < 1.29 is 19.1 Å². The van der Waals surface area contributed by atoms with Gasteiger partial charge in [-0.15, -0.1) is 0 Å². The predicted molar refractivity (Wildman–Crippen MR) is 115 cm³/mol. The van der Waals surface area contributed by atoms with Crippen LogP contribution in [0.5, 0.6) is 0 Å². The zero-order valence-corrected chi connectivity index (χ0v) is 17.3. The van der Waals surface area contributed by atoms with Gasteiger partial charge >= 0.3 is 5.97 Å². The normalized spacial score (nSPS) is 15.3. The third kappa shape index (κ3) is 5.69. The molecule has 0 spiro atoms. The molecule has 1 N–H and O–H groups in total. The Hall–Kier alpha value is -3.15. The van der Waals surface area contributed by atoms with Crippen LogP contribution in [0.15, 0.2) is 60.7 Å². The maximum Gasteiger partial charge on any atom is 0.313 e. The van der Waals surface area contributed by atoms with Crippen LogP contribution in [0.4, 0.5) is 5.69 Å². The summed E-state index contributed by atoms with van der Waals surface area (Å²) < 4.78 is 5.31. The van der Waals surface area contributed by atoms with Crippen molar-refractivity contribution in [2.75, 3.05) is 25.0 Å². The van der Waals surface area contributed by atoms with Crippen molar-refractivity contribution in [1.82, 2.24) is 4.90 Å². The molecule has 1 unspecified atom stereocenters. The molecule has 1 fully saturated rings. The van der Waals surface area contributed by atoms with Gasteiger partial charge in [-0.1, -0.05) is 55.5 Å². The lowest BCUT2D eigenvalue weighted by Crippen LogP contribution is -2.43. The predicted octanol–water partition coefficient (Wildman–Crippen LogP) is 3.60. The van der Waals surface area contributed by atoms with E-state index in [4.69, 9.17) is 4.74 Å². The molecule has 3 rings (SSSR count). The highest BCUT2D eigenvalue weighted by Crippen LogP contribution is 2.22. The van der Waals surface area contributed by atoms with Crippen molar-refractivity contribution in [2.24, 2.45) is 5.92 Å². The smallest absolute Gasteiger partial charge is 0.313 e. The molecular weight excluding hydrogens is 380 g/mol. The number of likely N-dealkylation sites (tertiary alicyclic amines) is 1. The third-order valence-electron chi connectivity index (χ3n) is 5.49. The number of carbonyl (C=O) groups is 3. The molecule has 0 radical (unpaired) electrons. The number of nitrogens with zero attached hydrogens (tertiary/aromatic N) is 1. The summed E-state index contributed by atoms with van der Waals surface area (Å²) in [5, 5.41) is 2.92. The number of anilines is 1. The number of rotatable bonds is 7. The van der Waals surface area contributed by atoms with Crippen molar-refractivity contribution in [3.63, 3.8) is 0 Å². The van der Waals surface area contributed by atoms with Crippen molar-refractivity contribution in [3.05, 3.63) is 66.2 Å². The van der Waals surface area contributed by atoms with Crippen LogP contribution in [0.1, 0.15) is 37.7 Å².